The molecule has 1 aliphatic rings. The first-order valence-electron chi connectivity index (χ1n) is 7.49. The molecular weight excluding hydrogens is 270 g/mol. The number of hydrogen-bond donors (Lipinski definition) is 1. The number of aromatic nitrogens is 3. The van der Waals surface area contributed by atoms with Crippen LogP contribution in [-0.2, 0) is 22.6 Å². The second kappa shape index (κ2) is 7.00. The standard InChI is InChI=1S/C14H25N5O2/c1-10(2)15-5-13-8-19(17-16-13)9-14(20)18-6-11(3)21-12(4)7-18/h8,10-12,15H,5-7,9H2,1-4H3. The predicted molar refractivity (Wildman–Crippen MR) is 78.6 cm³/mol. The maximum Gasteiger partial charge on any atom is 0.244 e. The molecule has 0 aromatic carbocycles. The van der Waals surface area contributed by atoms with Crippen molar-refractivity contribution in [1.29, 1.82) is 0 Å². The van der Waals surface area contributed by atoms with Gasteiger partial charge in [0.1, 0.15) is 6.54 Å². The highest BCUT2D eigenvalue weighted by atomic mass is 16.5. The molecule has 21 heavy (non-hydrogen) atoms. The molecule has 1 aliphatic heterocycles. The van der Waals surface area contributed by atoms with E-state index in [0.717, 1.165) is 5.69 Å². The van der Waals surface area contributed by atoms with E-state index in [1.165, 1.54) is 0 Å². The third kappa shape index (κ3) is 4.78. The van der Waals surface area contributed by atoms with Gasteiger partial charge in [-0.05, 0) is 13.8 Å². The summed E-state index contributed by atoms with van der Waals surface area (Å²) in [7, 11) is 0. The largest absolute Gasteiger partial charge is 0.372 e. The van der Waals surface area contributed by atoms with Gasteiger partial charge in [0.25, 0.3) is 0 Å². The lowest BCUT2D eigenvalue weighted by Gasteiger charge is -2.35. The van der Waals surface area contributed by atoms with E-state index in [-0.39, 0.29) is 24.7 Å². The Kier molecular flexibility index (Phi) is 5.30. The van der Waals surface area contributed by atoms with Crippen LogP contribution >= 0.6 is 0 Å². The van der Waals surface area contributed by atoms with Gasteiger partial charge in [-0.2, -0.15) is 0 Å². The third-order valence-electron chi connectivity index (χ3n) is 3.35. The number of rotatable bonds is 5. The molecule has 2 atom stereocenters. The molecule has 118 valence electrons. The number of ether oxygens (including phenoxy) is 1. The zero-order valence-electron chi connectivity index (χ0n) is 13.2. The van der Waals surface area contributed by atoms with E-state index in [1.54, 1.807) is 4.68 Å². The van der Waals surface area contributed by atoms with Gasteiger partial charge in [-0.1, -0.05) is 19.1 Å². The number of amides is 1. The lowest BCUT2D eigenvalue weighted by Crippen LogP contribution is -2.49. The number of carbonyl (C=O) groups excluding carboxylic acids is 1. The molecule has 1 aromatic rings. The van der Waals surface area contributed by atoms with Gasteiger partial charge in [0.15, 0.2) is 0 Å². The van der Waals surface area contributed by atoms with Crippen LogP contribution in [0.5, 0.6) is 0 Å². The predicted octanol–water partition coefficient (Wildman–Crippen LogP) is 0.412. The van der Waals surface area contributed by atoms with Crippen LogP contribution < -0.4 is 5.32 Å². The number of nitrogens with zero attached hydrogens (tertiary/aromatic N) is 4. The van der Waals surface area contributed by atoms with Gasteiger partial charge < -0.3 is 15.0 Å². The molecule has 2 rings (SSSR count). The summed E-state index contributed by atoms with van der Waals surface area (Å²) in [6, 6.07) is 0.396. The molecule has 7 nitrogen and oxygen atoms in total. The van der Waals surface area contributed by atoms with E-state index in [1.807, 2.05) is 24.9 Å². The fourth-order valence-corrected chi connectivity index (χ4v) is 2.43. The summed E-state index contributed by atoms with van der Waals surface area (Å²) < 4.78 is 7.24. The summed E-state index contributed by atoms with van der Waals surface area (Å²) >= 11 is 0. The molecule has 1 aromatic heterocycles. The van der Waals surface area contributed by atoms with Crippen molar-refractivity contribution >= 4 is 5.91 Å². The third-order valence-corrected chi connectivity index (χ3v) is 3.35. The molecular formula is C14H25N5O2. The highest BCUT2D eigenvalue weighted by molar-refractivity contribution is 5.76. The second-order valence-corrected chi connectivity index (χ2v) is 6.00. The first-order chi connectivity index (χ1) is 9.94. The van der Waals surface area contributed by atoms with Crippen LogP contribution in [0.4, 0.5) is 0 Å². The second-order valence-electron chi connectivity index (χ2n) is 6.00. The first-order valence-corrected chi connectivity index (χ1v) is 7.49. The van der Waals surface area contributed by atoms with Crippen molar-refractivity contribution in [2.45, 2.75) is 59.0 Å². The molecule has 0 saturated carbocycles. The number of morpholine rings is 1. The molecule has 0 radical (unpaired) electrons. The number of hydrogen-bond acceptors (Lipinski definition) is 5. The van der Waals surface area contributed by atoms with E-state index in [2.05, 4.69) is 29.5 Å². The normalized spacial score (nSPS) is 22.8. The van der Waals surface area contributed by atoms with Crippen LogP contribution in [0.25, 0.3) is 0 Å². The minimum atomic E-state index is 0.0604. The van der Waals surface area contributed by atoms with Crippen LogP contribution in [-0.4, -0.2) is 57.1 Å². The lowest BCUT2D eigenvalue weighted by molar-refractivity contribution is -0.144. The van der Waals surface area contributed by atoms with Crippen molar-refractivity contribution in [2.75, 3.05) is 13.1 Å². The summed E-state index contributed by atoms with van der Waals surface area (Å²) in [6.45, 7) is 10.3. The molecule has 0 bridgehead atoms. The SMILES string of the molecule is CC(C)NCc1cn(CC(=O)N2CC(C)OC(C)C2)nn1. The molecule has 1 amide bonds. The van der Waals surface area contributed by atoms with Gasteiger partial charge in [-0.25, -0.2) is 4.68 Å². The molecule has 7 heteroatoms. The van der Waals surface area contributed by atoms with Gasteiger partial charge in [0.2, 0.25) is 5.91 Å². The van der Waals surface area contributed by atoms with Crippen LogP contribution in [0.3, 0.4) is 0 Å². The van der Waals surface area contributed by atoms with Crippen molar-refractivity contribution in [1.82, 2.24) is 25.2 Å². The van der Waals surface area contributed by atoms with Gasteiger partial charge >= 0.3 is 0 Å². The Morgan fingerprint density at radius 3 is 2.71 bits per heavy atom. The molecule has 1 fully saturated rings. The molecule has 1 N–H and O–H groups in total. The molecule has 2 unspecified atom stereocenters. The lowest BCUT2D eigenvalue weighted by atomic mass is 10.2. The average Bonchev–Trinajstić information content (AvgIpc) is 2.83. The van der Waals surface area contributed by atoms with Gasteiger partial charge in [-0.15, -0.1) is 5.10 Å². The summed E-state index contributed by atoms with van der Waals surface area (Å²) in [5.74, 6) is 0.0604. The first kappa shape index (κ1) is 15.9. The van der Waals surface area contributed by atoms with Gasteiger partial charge in [0.05, 0.1) is 24.1 Å². The Hall–Kier alpha value is -1.47. The fourth-order valence-electron chi connectivity index (χ4n) is 2.43. The highest BCUT2D eigenvalue weighted by Gasteiger charge is 2.26. The Bertz CT molecular complexity index is 464. The van der Waals surface area contributed by atoms with Crippen molar-refractivity contribution in [3.63, 3.8) is 0 Å². The number of carbonyl (C=O) groups is 1. The summed E-state index contributed by atoms with van der Waals surface area (Å²) in [6.07, 6.45) is 1.99. The Labute approximate surface area is 125 Å². The minimum Gasteiger partial charge on any atom is -0.372 e. The smallest absolute Gasteiger partial charge is 0.244 e. The van der Waals surface area contributed by atoms with Crippen LogP contribution in [0.15, 0.2) is 6.20 Å². The van der Waals surface area contributed by atoms with E-state index in [4.69, 9.17) is 4.74 Å². The summed E-state index contributed by atoms with van der Waals surface area (Å²) in [5, 5.41) is 11.4. The Morgan fingerprint density at radius 2 is 2.10 bits per heavy atom. The van der Waals surface area contributed by atoms with Gasteiger partial charge in [0, 0.05) is 25.7 Å². The zero-order valence-corrected chi connectivity index (χ0v) is 13.2. The van der Waals surface area contributed by atoms with Crippen LogP contribution in [0, 0.1) is 0 Å². The quantitative estimate of drug-likeness (QED) is 0.852. The summed E-state index contributed by atoms with van der Waals surface area (Å²) in [5.41, 5.74) is 0.847. The van der Waals surface area contributed by atoms with Crippen molar-refractivity contribution in [3.8, 4) is 0 Å². The zero-order chi connectivity index (χ0) is 15.4. The van der Waals surface area contributed by atoms with Crippen molar-refractivity contribution < 1.29 is 9.53 Å². The average molecular weight is 295 g/mol. The van der Waals surface area contributed by atoms with E-state index in [9.17, 15) is 4.79 Å². The maximum atomic E-state index is 12.3. The van der Waals surface area contributed by atoms with E-state index >= 15 is 0 Å². The topological polar surface area (TPSA) is 72.3 Å². The van der Waals surface area contributed by atoms with Gasteiger partial charge in [-0.3, -0.25) is 4.79 Å². The van der Waals surface area contributed by atoms with Crippen molar-refractivity contribution in [2.24, 2.45) is 0 Å². The molecule has 2 heterocycles. The highest BCUT2D eigenvalue weighted by Crippen LogP contribution is 2.11. The Balaban J connectivity index is 1.87. The molecule has 1 saturated heterocycles. The van der Waals surface area contributed by atoms with Crippen LogP contribution in [0.1, 0.15) is 33.4 Å². The monoisotopic (exact) mass is 295 g/mol. The van der Waals surface area contributed by atoms with E-state index < -0.39 is 0 Å². The summed E-state index contributed by atoms with van der Waals surface area (Å²) in [4.78, 5) is 14.1. The molecule has 0 spiro atoms. The Morgan fingerprint density at radius 1 is 1.43 bits per heavy atom. The van der Waals surface area contributed by atoms with Crippen LogP contribution in [0.2, 0.25) is 0 Å². The van der Waals surface area contributed by atoms with Crippen molar-refractivity contribution in [3.05, 3.63) is 11.9 Å². The van der Waals surface area contributed by atoms with E-state index in [0.29, 0.717) is 25.7 Å². The minimum absolute atomic E-state index is 0.0604. The fraction of sp³-hybridized carbons (Fsp3) is 0.786. The maximum absolute atomic E-state index is 12.3. The number of nitrogens with one attached hydrogen (secondary N) is 1. The molecule has 0 aliphatic carbocycles.